The molecule has 0 aliphatic carbocycles. The Morgan fingerprint density at radius 2 is 2.22 bits per heavy atom. The van der Waals surface area contributed by atoms with Crippen molar-refractivity contribution in [2.75, 3.05) is 13.2 Å². The lowest BCUT2D eigenvalue weighted by Crippen LogP contribution is -2.24. The number of rotatable bonds is 7. The summed E-state index contributed by atoms with van der Waals surface area (Å²) in [6.45, 7) is 5.35. The van der Waals surface area contributed by atoms with Crippen molar-refractivity contribution in [3.05, 3.63) is 35.9 Å². The number of nitrogens with one attached hydrogen (secondary N) is 1. The zero-order chi connectivity index (χ0) is 13.2. The van der Waals surface area contributed by atoms with Gasteiger partial charge in [-0.25, -0.2) is 0 Å². The van der Waals surface area contributed by atoms with Crippen molar-refractivity contribution in [3.8, 4) is 11.8 Å². The molecule has 0 saturated carbocycles. The molecule has 0 fully saturated rings. The molecule has 0 spiro atoms. The molecule has 0 radical (unpaired) electrons. The number of para-hydroxylation sites is 1. The molecule has 1 aromatic rings. The first-order valence-electron chi connectivity index (χ1n) is 6.28. The van der Waals surface area contributed by atoms with E-state index >= 15 is 0 Å². The lowest BCUT2D eigenvalue weighted by atomic mass is 10.1. The van der Waals surface area contributed by atoms with Crippen LogP contribution in [-0.4, -0.2) is 19.2 Å². The first-order chi connectivity index (χ1) is 8.77. The summed E-state index contributed by atoms with van der Waals surface area (Å²) in [4.78, 5) is 0. The van der Waals surface area contributed by atoms with Gasteiger partial charge in [0, 0.05) is 11.6 Å². The number of ether oxygens (including phenoxy) is 1. The molecule has 0 amide bonds. The molecule has 0 saturated heterocycles. The summed E-state index contributed by atoms with van der Waals surface area (Å²) >= 11 is 0. The second-order valence-electron chi connectivity index (χ2n) is 4.09. The van der Waals surface area contributed by atoms with Crippen LogP contribution in [0.2, 0.25) is 0 Å². The number of benzene rings is 1. The molecule has 3 nitrogen and oxygen atoms in total. The number of nitriles is 1. The molecule has 0 aliphatic heterocycles. The summed E-state index contributed by atoms with van der Waals surface area (Å²) in [5.41, 5.74) is 0.998. The van der Waals surface area contributed by atoms with Crippen molar-refractivity contribution < 1.29 is 4.74 Å². The Labute approximate surface area is 109 Å². The molecule has 0 heterocycles. The maximum Gasteiger partial charge on any atom is 0.174 e. The summed E-state index contributed by atoms with van der Waals surface area (Å²) in [6, 6.07) is 10.0. The fourth-order valence-electron chi connectivity index (χ4n) is 1.55. The van der Waals surface area contributed by atoms with Crippen LogP contribution < -0.4 is 10.1 Å². The fraction of sp³-hybridized carbons (Fsp3) is 0.400. The van der Waals surface area contributed by atoms with Crippen LogP contribution in [0.25, 0.3) is 6.08 Å². The monoisotopic (exact) mass is 244 g/mol. The average Bonchev–Trinajstić information content (AvgIpc) is 2.41. The van der Waals surface area contributed by atoms with E-state index in [-0.39, 0.29) is 6.61 Å². The highest BCUT2D eigenvalue weighted by Crippen LogP contribution is 2.19. The quantitative estimate of drug-likeness (QED) is 0.802. The molecule has 18 heavy (non-hydrogen) atoms. The van der Waals surface area contributed by atoms with Crippen LogP contribution in [-0.2, 0) is 0 Å². The second kappa shape index (κ2) is 8.32. The van der Waals surface area contributed by atoms with Crippen LogP contribution in [0.3, 0.4) is 0 Å². The van der Waals surface area contributed by atoms with Crippen LogP contribution >= 0.6 is 0 Å². The zero-order valence-electron chi connectivity index (χ0n) is 11.0. The van der Waals surface area contributed by atoms with Crippen molar-refractivity contribution in [1.29, 1.82) is 5.26 Å². The third kappa shape index (κ3) is 5.03. The molecule has 1 unspecified atom stereocenters. The number of hydrogen-bond acceptors (Lipinski definition) is 3. The summed E-state index contributed by atoms with van der Waals surface area (Å²) in [5.74, 6) is 0.748. The van der Waals surface area contributed by atoms with Gasteiger partial charge in [0.2, 0.25) is 0 Å². The topological polar surface area (TPSA) is 45.0 Å². The van der Waals surface area contributed by atoms with Crippen molar-refractivity contribution in [2.24, 2.45) is 0 Å². The van der Waals surface area contributed by atoms with Gasteiger partial charge in [-0.05, 0) is 26.0 Å². The van der Waals surface area contributed by atoms with Gasteiger partial charge in [-0.1, -0.05) is 37.3 Å². The lowest BCUT2D eigenvalue weighted by molar-refractivity contribution is 0.367. The van der Waals surface area contributed by atoms with Crippen LogP contribution in [0.5, 0.6) is 5.75 Å². The van der Waals surface area contributed by atoms with Crippen LogP contribution in [0.1, 0.15) is 25.8 Å². The van der Waals surface area contributed by atoms with Gasteiger partial charge in [0.25, 0.3) is 0 Å². The Kier molecular flexibility index (Phi) is 6.60. The minimum Gasteiger partial charge on any atom is -0.478 e. The largest absolute Gasteiger partial charge is 0.478 e. The van der Waals surface area contributed by atoms with Crippen LogP contribution in [0, 0.1) is 11.3 Å². The van der Waals surface area contributed by atoms with Gasteiger partial charge in [-0.3, -0.25) is 0 Å². The third-order valence-electron chi connectivity index (χ3n) is 2.49. The van der Waals surface area contributed by atoms with Gasteiger partial charge < -0.3 is 10.1 Å². The Morgan fingerprint density at radius 1 is 1.44 bits per heavy atom. The highest BCUT2D eigenvalue weighted by atomic mass is 16.5. The fourth-order valence-corrected chi connectivity index (χ4v) is 1.55. The normalized spacial score (nSPS) is 12.3. The highest BCUT2D eigenvalue weighted by Gasteiger charge is 2.00. The first-order valence-corrected chi connectivity index (χ1v) is 6.28. The molecule has 3 heteroatoms. The Morgan fingerprint density at radius 3 is 2.94 bits per heavy atom. The van der Waals surface area contributed by atoms with E-state index in [2.05, 4.69) is 25.2 Å². The highest BCUT2D eigenvalue weighted by molar-refractivity contribution is 5.57. The standard InChI is InChI=1S/C15H20N2O/c1-3-11-17-13(2)8-9-14-6-4-5-7-15(14)18-12-10-16/h4-9,13,17H,3,11-12H2,1-2H3/b9-8+. The van der Waals surface area contributed by atoms with Gasteiger partial charge >= 0.3 is 0 Å². The smallest absolute Gasteiger partial charge is 0.174 e. The lowest BCUT2D eigenvalue weighted by Gasteiger charge is -2.09. The molecule has 0 bridgehead atoms. The van der Waals surface area contributed by atoms with Gasteiger partial charge in [0.1, 0.15) is 11.8 Å². The molecular weight excluding hydrogens is 224 g/mol. The Balaban J connectivity index is 2.65. The predicted octanol–water partition coefficient (Wildman–Crippen LogP) is 2.99. The SMILES string of the molecule is CCCNC(C)/C=C/c1ccccc1OCC#N. The molecule has 0 aliphatic rings. The molecule has 96 valence electrons. The van der Waals surface area contributed by atoms with E-state index < -0.39 is 0 Å². The van der Waals surface area contributed by atoms with E-state index in [0.717, 1.165) is 24.3 Å². The predicted molar refractivity (Wildman–Crippen MR) is 74.3 cm³/mol. The zero-order valence-corrected chi connectivity index (χ0v) is 11.0. The van der Waals surface area contributed by atoms with E-state index in [1.54, 1.807) is 0 Å². The van der Waals surface area contributed by atoms with E-state index in [0.29, 0.717) is 6.04 Å². The molecule has 1 atom stereocenters. The van der Waals surface area contributed by atoms with E-state index in [1.165, 1.54) is 0 Å². The molecule has 1 N–H and O–H groups in total. The molecule has 0 aromatic heterocycles. The molecule has 1 aromatic carbocycles. The summed E-state index contributed by atoms with van der Waals surface area (Å²) < 4.78 is 5.37. The number of nitrogens with zero attached hydrogens (tertiary/aromatic N) is 1. The van der Waals surface area contributed by atoms with Crippen LogP contribution in [0.4, 0.5) is 0 Å². The summed E-state index contributed by atoms with van der Waals surface area (Å²) in [6.07, 6.45) is 5.25. The van der Waals surface area contributed by atoms with Gasteiger partial charge in [-0.15, -0.1) is 0 Å². The van der Waals surface area contributed by atoms with E-state index in [4.69, 9.17) is 10.00 Å². The van der Waals surface area contributed by atoms with Crippen molar-refractivity contribution in [2.45, 2.75) is 26.3 Å². The van der Waals surface area contributed by atoms with E-state index in [1.807, 2.05) is 36.4 Å². The average molecular weight is 244 g/mol. The Hall–Kier alpha value is -1.79. The Bertz CT molecular complexity index is 421. The molecular formula is C15H20N2O. The summed E-state index contributed by atoms with van der Waals surface area (Å²) in [5, 5.41) is 11.9. The van der Waals surface area contributed by atoms with Crippen molar-refractivity contribution >= 4 is 6.08 Å². The minimum absolute atomic E-state index is 0.0779. The maximum absolute atomic E-state index is 8.53. The minimum atomic E-state index is 0.0779. The van der Waals surface area contributed by atoms with E-state index in [9.17, 15) is 0 Å². The summed E-state index contributed by atoms with van der Waals surface area (Å²) in [7, 11) is 0. The first kappa shape index (κ1) is 14.3. The third-order valence-corrected chi connectivity index (χ3v) is 2.49. The second-order valence-corrected chi connectivity index (χ2v) is 4.09. The number of hydrogen-bond donors (Lipinski definition) is 1. The van der Waals surface area contributed by atoms with Crippen molar-refractivity contribution in [1.82, 2.24) is 5.32 Å². The van der Waals surface area contributed by atoms with Crippen LogP contribution in [0.15, 0.2) is 30.3 Å². The van der Waals surface area contributed by atoms with Gasteiger partial charge in [0.05, 0.1) is 0 Å². The maximum atomic E-state index is 8.53. The molecule has 1 rings (SSSR count). The van der Waals surface area contributed by atoms with Gasteiger partial charge in [0.15, 0.2) is 6.61 Å². The van der Waals surface area contributed by atoms with Crippen molar-refractivity contribution in [3.63, 3.8) is 0 Å². The van der Waals surface area contributed by atoms with Gasteiger partial charge in [-0.2, -0.15) is 5.26 Å².